The number of carbonyl (C=O) groups excluding carboxylic acids is 4. The summed E-state index contributed by atoms with van der Waals surface area (Å²) in [5, 5.41) is 0. The molecule has 72 heavy (non-hydrogen) atoms. The van der Waals surface area contributed by atoms with Gasteiger partial charge in [-0.1, -0.05) is 36.4 Å². The summed E-state index contributed by atoms with van der Waals surface area (Å²) in [7, 11) is 0. The number of nitrogens with two attached hydrogens (primary N) is 2. The largest absolute Gasteiger partial charge is 0.494 e. The summed E-state index contributed by atoms with van der Waals surface area (Å²) in [5.41, 5.74) is 17.0. The molecule has 374 valence electrons. The summed E-state index contributed by atoms with van der Waals surface area (Å²) in [6.07, 6.45) is -5.35. The van der Waals surface area contributed by atoms with Crippen molar-refractivity contribution >= 4 is 47.4 Å². The second-order valence-corrected chi connectivity index (χ2v) is 15.8. The Hall–Kier alpha value is -8.54. The highest BCUT2D eigenvalue weighted by Crippen LogP contribution is 2.32. The van der Waals surface area contributed by atoms with Gasteiger partial charge in [0.05, 0.1) is 24.3 Å². The number of hydrogen-bond acceptors (Lipinski definition) is 12. The fourth-order valence-electron chi connectivity index (χ4n) is 6.64. The number of carbonyl (C=O) groups is 4. The van der Waals surface area contributed by atoms with Gasteiger partial charge in [0.25, 0.3) is 0 Å². The van der Waals surface area contributed by atoms with E-state index in [1.54, 1.807) is 60.7 Å². The first kappa shape index (κ1) is 52.8. The fourth-order valence-corrected chi connectivity index (χ4v) is 6.64. The van der Waals surface area contributed by atoms with Crippen molar-refractivity contribution in [3.63, 3.8) is 0 Å². The van der Waals surface area contributed by atoms with Crippen molar-refractivity contribution in [1.82, 2.24) is 0 Å². The monoisotopic (exact) mass is 996 g/mol. The average Bonchev–Trinajstić information content (AvgIpc) is 3.35. The van der Waals surface area contributed by atoms with Crippen LogP contribution in [-0.2, 0) is 32.3 Å². The number of ether oxygens (including phenoxy) is 6. The zero-order valence-electron chi connectivity index (χ0n) is 38.2. The summed E-state index contributed by atoms with van der Waals surface area (Å²) in [6.45, 7) is -0.594. The van der Waals surface area contributed by atoms with Crippen LogP contribution < -0.4 is 30.4 Å². The van der Waals surface area contributed by atoms with Gasteiger partial charge in [-0.05, 0) is 155 Å². The first-order chi connectivity index (χ1) is 34.4. The number of halogens is 6. The summed E-state index contributed by atoms with van der Waals surface area (Å²) >= 11 is 0. The molecule has 0 unspecified atom stereocenters. The predicted molar refractivity (Wildman–Crippen MR) is 256 cm³/mol. The standard InChI is InChI=1S/C54H46F6N2O10/c55-53(56,57)27-1-29-67-43-19-9-37(10-20-43)51(65)71-45-15-3-35(4-16-45)7-25-49(63)69-33-39-31-41(61)13-23-47(39)48-24-14-42(62)32-40(48)34-70-50(64)26-8-36-5-17-46(18-6-36)72-52(66)38-11-21-44(22-12-38)68-30-2-28-54(58,59)60/h3-26,31-32H,1-2,27-30,33-34,61-62H2/b25-7+,26-8+. The Labute approximate surface area is 409 Å². The molecule has 0 atom stereocenters. The maximum absolute atomic E-state index is 12.9. The Bertz CT molecular complexity index is 2670. The number of esters is 4. The summed E-state index contributed by atoms with van der Waals surface area (Å²) < 4.78 is 107. The van der Waals surface area contributed by atoms with Crippen LogP contribution in [0.3, 0.4) is 0 Å². The molecule has 6 aromatic rings. The van der Waals surface area contributed by atoms with Crippen molar-refractivity contribution in [1.29, 1.82) is 0 Å². The van der Waals surface area contributed by atoms with Crippen LogP contribution in [0.4, 0.5) is 37.7 Å². The second kappa shape index (κ2) is 24.8. The quantitative estimate of drug-likeness (QED) is 0.0175. The lowest BCUT2D eigenvalue weighted by atomic mass is 9.95. The lowest BCUT2D eigenvalue weighted by molar-refractivity contribution is -0.139. The topological polar surface area (TPSA) is 176 Å². The third-order valence-corrected chi connectivity index (χ3v) is 10.2. The molecule has 0 spiro atoms. The summed E-state index contributed by atoms with van der Waals surface area (Å²) in [5.74, 6) is -1.59. The molecule has 0 heterocycles. The van der Waals surface area contributed by atoms with E-state index in [0.29, 0.717) is 56.3 Å². The molecule has 0 aliphatic rings. The van der Waals surface area contributed by atoms with Gasteiger partial charge >= 0.3 is 36.2 Å². The number of anilines is 2. The normalized spacial score (nSPS) is 11.6. The van der Waals surface area contributed by atoms with E-state index in [1.165, 1.54) is 97.1 Å². The SMILES string of the molecule is Nc1ccc(-c2ccc(N)cc2COC(=O)/C=C/c2ccc(OC(=O)c3ccc(OCCCC(F)(F)F)cc3)cc2)c(COC(=O)/C=C/c2ccc(OC(=O)c3ccc(OCCCC(F)(F)F)cc3)cc2)c1. The third kappa shape index (κ3) is 17.5. The number of benzene rings is 6. The Morgan fingerprint density at radius 2 is 0.806 bits per heavy atom. The lowest BCUT2D eigenvalue weighted by Crippen LogP contribution is -2.10. The van der Waals surface area contributed by atoms with Gasteiger partial charge in [-0.15, -0.1) is 0 Å². The maximum atomic E-state index is 12.9. The van der Waals surface area contributed by atoms with Crippen LogP contribution in [0.2, 0.25) is 0 Å². The molecular weight excluding hydrogens is 951 g/mol. The predicted octanol–water partition coefficient (Wildman–Crippen LogP) is 11.9. The molecule has 0 fully saturated rings. The average molecular weight is 997 g/mol. The number of alkyl halides is 6. The van der Waals surface area contributed by atoms with Crippen LogP contribution in [0.1, 0.15) is 68.7 Å². The third-order valence-electron chi connectivity index (χ3n) is 10.2. The first-order valence-corrected chi connectivity index (χ1v) is 22.1. The van der Waals surface area contributed by atoms with Crippen LogP contribution in [0.15, 0.2) is 146 Å². The van der Waals surface area contributed by atoms with Crippen LogP contribution in [0.25, 0.3) is 23.3 Å². The van der Waals surface area contributed by atoms with Crippen LogP contribution in [0, 0.1) is 0 Å². The molecule has 12 nitrogen and oxygen atoms in total. The zero-order valence-corrected chi connectivity index (χ0v) is 38.2. The molecule has 0 saturated carbocycles. The van der Waals surface area contributed by atoms with E-state index in [4.69, 9.17) is 39.9 Å². The van der Waals surface area contributed by atoms with E-state index in [2.05, 4.69) is 0 Å². The van der Waals surface area contributed by atoms with Crippen molar-refractivity contribution in [3.05, 3.63) is 179 Å². The van der Waals surface area contributed by atoms with E-state index < -0.39 is 49.1 Å². The molecular formula is C54H46F6N2O10. The van der Waals surface area contributed by atoms with Crippen molar-refractivity contribution < 1.29 is 73.9 Å². The highest BCUT2D eigenvalue weighted by atomic mass is 19.4. The van der Waals surface area contributed by atoms with Crippen LogP contribution >= 0.6 is 0 Å². The Morgan fingerprint density at radius 1 is 0.458 bits per heavy atom. The van der Waals surface area contributed by atoms with Gasteiger partial charge < -0.3 is 39.9 Å². The van der Waals surface area contributed by atoms with Gasteiger partial charge in [-0.2, -0.15) is 26.3 Å². The molecule has 0 aromatic heterocycles. The molecule has 0 aliphatic heterocycles. The van der Waals surface area contributed by atoms with E-state index in [0.717, 1.165) is 0 Å². The molecule has 0 bridgehead atoms. The molecule has 4 N–H and O–H groups in total. The van der Waals surface area contributed by atoms with E-state index >= 15 is 0 Å². The van der Waals surface area contributed by atoms with E-state index in [1.807, 2.05) is 0 Å². The minimum absolute atomic E-state index is 0.126. The molecule has 6 aromatic carbocycles. The Balaban J connectivity index is 0.972. The summed E-state index contributed by atoms with van der Waals surface area (Å²) in [6, 6.07) is 34.3. The van der Waals surface area contributed by atoms with Crippen molar-refractivity contribution in [2.75, 3.05) is 24.7 Å². The van der Waals surface area contributed by atoms with Gasteiger partial charge in [0.15, 0.2) is 0 Å². The molecule has 18 heteroatoms. The minimum atomic E-state index is -4.26. The number of hydrogen-bond donors (Lipinski definition) is 2. The highest BCUT2D eigenvalue weighted by molar-refractivity contribution is 5.92. The van der Waals surface area contributed by atoms with E-state index in [-0.39, 0.29) is 61.9 Å². The minimum Gasteiger partial charge on any atom is -0.494 e. The summed E-state index contributed by atoms with van der Waals surface area (Å²) in [4.78, 5) is 51.0. The lowest BCUT2D eigenvalue weighted by Gasteiger charge is -2.15. The van der Waals surface area contributed by atoms with Crippen molar-refractivity contribution in [2.24, 2.45) is 0 Å². The van der Waals surface area contributed by atoms with Gasteiger partial charge in [0.2, 0.25) is 0 Å². The Kier molecular flexibility index (Phi) is 18.2. The first-order valence-electron chi connectivity index (χ1n) is 22.1. The van der Waals surface area contributed by atoms with Gasteiger partial charge in [0.1, 0.15) is 36.2 Å². The van der Waals surface area contributed by atoms with Gasteiger partial charge in [-0.3, -0.25) is 0 Å². The molecule has 6 rings (SSSR count). The maximum Gasteiger partial charge on any atom is 0.389 e. The number of rotatable bonds is 21. The van der Waals surface area contributed by atoms with Crippen LogP contribution in [-0.4, -0.2) is 49.4 Å². The molecule has 0 radical (unpaired) electrons. The van der Waals surface area contributed by atoms with Gasteiger partial charge in [0, 0.05) is 36.4 Å². The second-order valence-electron chi connectivity index (χ2n) is 15.8. The van der Waals surface area contributed by atoms with Gasteiger partial charge in [-0.25, -0.2) is 19.2 Å². The number of nitrogen functional groups attached to an aromatic ring is 2. The van der Waals surface area contributed by atoms with E-state index in [9.17, 15) is 45.5 Å². The van der Waals surface area contributed by atoms with Crippen molar-refractivity contribution in [2.45, 2.75) is 51.2 Å². The zero-order chi connectivity index (χ0) is 51.7. The fraction of sp³-hybridized carbons (Fsp3) is 0.185. The molecule has 0 amide bonds. The van der Waals surface area contributed by atoms with Crippen molar-refractivity contribution in [3.8, 4) is 34.1 Å². The van der Waals surface area contributed by atoms with Crippen LogP contribution in [0.5, 0.6) is 23.0 Å². The molecule has 0 aliphatic carbocycles. The highest BCUT2D eigenvalue weighted by Gasteiger charge is 2.27. The smallest absolute Gasteiger partial charge is 0.389 e. The molecule has 0 saturated heterocycles. The Morgan fingerprint density at radius 3 is 1.15 bits per heavy atom.